The van der Waals surface area contributed by atoms with Gasteiger partial charge in [0.15, 0.2) is 5.69 Å². The average Bonchev–Trinajstić information content (AvgIpc) is 2.69. The van der Waals surface area contributed by atoms with Crippen molar-refractivity contribution in [3.8, 4) is 6.07 Å². The largest absolute Gasteiger partial charge is 0.378 e. The molecule has 0 radical (unpaired) electrons. The fourth-order valence-corrected chi connectivity index (χ4v) is 2.70. The summed E-state index contributed by atoms with van der Waals surface area (Å²) in [4.78, 5) is 14.7. The Kier molecular flexibility index (Phi) is 5.54. The van der Waals surface area contributed by atoms with Crippen LogP contribution < -0.4 is 5.32 Å². The quantitative estimate of drug-likeness (QED) is 0.882. The minimum atomic E-state index is -0.456. The SMILES string of the molecule is N#Cc1ccc(NC(Cc2ccccc2)C(=O)N2CCOCC2)nn1. The third-order valence-corrected chi connectivity index (χ3v) is 4.00. The number of carbonyl (C=O) groups excluding carboxylic acids is 1. The van der Waals surface area contributed by atoms with Gasteiger partial charge in [0.2, 0.25) is 5.91 Å². The predicted octanol–water partition coefficient (Wildman–Crippen LogP) is 1.23. The van der Waals surface area contributed by atoms with Gasteiger partial charge >= 0.3 is 0 Å². The normalized spacial score (nSPS) is 15.2. The third kappa shape index (κ3) is 4.52. The summed E-state index contributed by atoms with van der Waals surface area (Å²) in [5, 5.41) is 19.8. The summed E-state index contributed by atoms with van der Waals surface area (Å²) in [5.74, 6) is 0.486. The molecule has 1 aliphatic heterocycles. The molecule has 1 atom stereocenters. The second-order valence-corrected chi connectivity index (χ2v) is 5.74. The summed E-state index contributed by atoms with van der Waals surface area (Å²) in [7, 11) is 0. The van der Waals surface area contributed by atoms with Gasteiger partial charge in [0.25, 0.3) is 0 Å². The number of nitriles is 1. The fraction of sp³-hybridized carbons (Fsp3) is 0.333. The van der Waals surface area contributed by atoms with Crippen molar-refractivity contribution in [1.29, 1.82) is 5.26 Å². The monoisotopic (exact) mass is 337 g/mol. The Morgan fingerprint density at radius 1 is 1.20 bits per heavy atom. The maximum atomic E-state index is 12.9. The number of carbonyl (C=O) groups is 1. The summed E-state index contributed by atoms with van der Waals surface area (Å²) >= 11 is 0. The van der Waals surface area contributed by atoms with Crippen LogP contribution in [0, 0.1) is 11.3 Å². The molecule has 3 rings (SSSR count). The first-order chi connectivity index (χ1) is 12.3. The fourth-order valence-electron chi connectivity index (χ4n) is 2.70. The molecule has 7 heteroatoms. The van der Waals surface area contributed by atoms with Crippen molar-refractivity contribution >= 4 is 11.7 Å². The van der Waals surface area contributed by atoms with Crippen LogP contribution in [0.5, 0.6) is 0 Å². The number of amides is 1. The minimum Gasteiger partial charge on any atom is -0.378 e. The molecule has 0 aliphatic carbocycles. The predicted molar refractivity (Wildman–Crippen MR) is 91.7 cm³/mol. The van der Waals surface area contributed by atoms with Crippen LogP contribution in [0.2, 0.25) is 0 Å². The number of rotatable bonds is 5. The summed E-state index contributed by atoms with van der Waals surface area (Å²) in [6, 6.07) is 14.5. The van der Waals surface area contributed by atoms with E-state index in [-0.39, 0.29) is 11.6 Å². The second-order valence-electron chi connectivity index (χ2n) is 5.74. The molecule has 25 heavy (non-hydrogen) atoms. The van der Waals surface area contributed by atoms with E-state index < -0.39 is 6.04 Å². The second kappa shape index (κ2) is 8.22. The number of ether oxygens (including phenoxy) is 1. The smallest absolute Gasteiger partial charge is 0.245 e. The van der Waals surface area contributed by atoms with Gasteiger partial charge in [-0.2, -0.15) is 5.26 Å². The van der Waals surface area contributed by atoms with Gasteiger partial charge in [-0.3, -0.25) is 4.79 Å². The molecule has 1 amide bonds. The van der Waals surface area contributed by atoms with E-state index >= 15 is 0 Å². The van der Waals surface area contributed by atoms with E-state index in [9.17, 15) is 4.79 Å². The van der Waals surface area contributed by atoms with Gasteiger partial charge in [0.05, 0.1) is 13.2 Å². The average molecular weight is 337 g/mol. The molecule has 128 valence electrons. The lowest BCUT2D eigenvalue weighted by Crippen LogP contribution is -2.48. The van der Waals surface area contributed by atoms with Gasteiger partial charge in [0.1, 0.15) is 17.9 Å². The molecule has 1 fully saturated rings. The molecule has 1 N–H and O–H groups in total. The summed E-state index contributed by atoms with van der Waals surface area (Å²) in [5.41, 5.74) is 1.30. The van der Waals surface area contributed by atoms with Gasteiger partial charge in [-0.1, -0.05) is 30.3 Å². The van der Waals surface area contributed by atoms with E-state index in [4.69, 9.17) is 10.00 Å². The van der Waals surface area contributed by atoms with Crippen molar-refractivity contribution in [2.24, 2.45) is 0 Å². The number of aromatic nitrogens is 2. The van der Waals surface area contributed by atoms with Crippen LogP contribution >= 0.6 is 0 Å². The molecule has 1 unspecified atom stereocenters. The van der Waals surface area contributed by atoms with Gasteiger partial charge in [-0.15, -0.1) is 10.2 Å². The maximum Gasteiger partial charge on any atom is 0.245 e. The molecule has 7 nitrogen and oxygen atoms in total. The molecule has 1 aromatic heterocycles. The van der Waals surface area contributed by atoms with Gasteiger partial charge in [-0.25, -0.2) is 0 Å². The van der Waals surface area contributed by atoms with Crippen molar-refractivity contribution in [1.82, 2.24) is 15.1 Å². The zero-order chi connectivity index (χ0) is 17.5. The maximum absolute atomic E-state index is 12.9. The lowest BCUT2D eigenvalue weighted by molar-refractivity contribution is -0.136. The number of hydrogen-bond donors (Lipinski definition) is 1. The Morgan fingerprint density at radius 3 is 2.60 bits per heavy atom. The van der Waals surface area contributed by atoms with Crippen LogP contribution in [0.3, 0.4) is 0 Å². The first-order valence-corrected chi connectivity index (χ1v) is 8.17. The Bertz CT molecular complexity index is 736. The van der Waals surface area contributed by atoms with Gasteiger partial charge in [0, 0.05) is 19.5 Å². The van der Waals surface area contributed by atoms with E-state index in [1.165, 1.54) is 0 Å². The van der Waals surface area contributed by atoms with Crippen LogP contribution in [0.15, 0.2) is 42.5 Å². The van der Waals surface area contributed by atoms with Gasteiger partial charge < -0.3 is 15.0 Å². The van der Waals surface area contributed by atoms with E-state index in [0.29, 0.717) is 38.5 Å². The highest BCUT2D eigenvalue weighted by atomic mass is 16.5. The van der Waals surface area contributed by atoms with Crippen LogP contribution in [-0.4, -0.2) is 53.3 Å². The molecule has 2 heterocycles. The van der Waals surface area contributed by atoms with E-state index in [0.717, 1.165) is 5.56 Å². The van der Waals surface area contributed by atoms with E-state index in [1.54, 1.807) is 17.0 Å². The zero-order valence-corrected chi connectivity index (χ0v) is 13.8. The summed E-state index contributed by atoms with van der Waals surface area (Å²) in [6.45, 7) is 2.29. The highest BCUT2D eigenvalue weighted by Crippen LogP contribution is 2.12. The number of nitrogens with zero attached hydrogens (tertiary/aromatic N) is 4. The van der Waals surface area contributed by atoms with Crippen molar-refractivity contribution in [2.75, 3.05) is 31.6 Å². The number of benzene rings is 1. The topological polar surface area (TPSA) is 91.1 Å². The first kappa shape index (κ1) is 16.9. The van der Waals surface area contributed by atoms with Crippen molar-refractivity contribution in [3.63, 3.8) is 0 Å². The Balaban J connectivity index is 1.77. The number of nitrogens with one attached hydrogen (secondary N) is 1. The lowest BCUT2D eigenvalue weighted by atomic mass is 10.0. The molecular formula is C18H19N5O2. The Labute approximate surface area is 146 Å². The molecule has 1 saturated heterocycles. The molecule has 1 aliphatic rings. The summed E-state index contributed by atoms with van der Waals surface area (Å²) in [6.07, 6.45) is 0.540. The van der Waals surface area contributed by atoms with E-state index in [2.05, 4.69) is 15.5 Å². The molecule has 0 saturated carbocycles. The molecule has 2 aromatic rings. The van der Waals surface area contributed by atoms with Crippen LogP contribution in [0.1, 0.15) is 11.3 Å². The van der Waals surface area contributed by atoms with Gasteiger partial charge in [-0.05, 0) is 17.7 Å². The third-order valence-electron chi connectivity index (χ3n) is 4.00. The van der Waals surface area contributed by atoms with Crippen LogP contribution in [-0.2, 0) is 16.0 Å². The molecular weight excluding hydrogens is 318 g/mol. The standard InChI is InChI=1S/C18H19N5O2/c19-13-15-6-7-17(22-21-15)20-16(12-14-4-2-1-3-5-14)18(24)23-8-10-25-11-9-23/h1-7,16H,8-12H2,(H,20,22). The van der Waals surface area contributed by atoms with E-state index in [1.807, 2.05) is 36.4 Å². The molecule has 0 bridgehead atoms. The lowest BCUT2D eigenvalue weighted by Gasteiger charge is -2.31. The van der Waals surface area contributed by atoms with Crippen molar-refractivity contribution in [3.05, 3.63) is 53.7 Å². The molecule has 1 aromatic carbocycles. The van der Waals surface area contributed by atoms with Crippen molar-refractivity contribution in [2.45, 2.75) is 12.5 Å². The number of anilines is 1. The minimum absolute atomic E-state index is 0.0123. The first-order valence-electron chi connectivity index (χ1n) is 8.17. The Morgan fingerprint density at radius 2 is 1.96 bits per heavy atom. The molecule has 0 spiro atoms. The van der Waals surface area contributed by atoms with Crippen molar-refractivity contribution < 1.29 is 9.53 Å². The highest BCUT2D eigenvalue weighted by molar-refractivity contribution is 5.85. The Hall–Kier alpha value is -2.98. The number of morpholine rings is 1. The van der Waals surface area contributed by atoms with Crippen LogP contribution in [0.25, 0.3) is 0 Å². The number of hydrogen-bond acceptors (Lipinski definition) is 6. The summed E-state index contributed by atoms with van der Waals surface area (Å²) < 4.78 is 5.32. The highest BCUT2D eigenvalue weighted by Gasteiger charge is 2.26. The van der Waals surface area contributed by atoms with Crippen LogP contribution in [0.4, 0.5) is 5.82 Å². The zero-order valence-electron chi connectivity index (χ0n) is 13.8.